The second-order valence-corrected chi connectivity index (χ2v) is 6.56. The lowest BCUT2D eigenvalue weighted by atomic mass is 9.87. The van der Waals surface area contributed by atoms with Crippen LogP contribution in [0.25, 0.3) is 0 Å². The summed E-state index contributed by atoms with van der Waals surface area (Å²) in [7, 11) is 3.21. The summed E-state index contributed by atoms with van der Waals surface area (Å²) >= 11 is 0. The van der Waals surface area contributed by atoms with E-state index in [1.807, 2.05) is 19.2 Å². The van der Waals surface area contributed by atoms with Gasteiger partial charge >= 0.3 is 5.97 Å². The van der Waals surface area contributed by atoms with Crippen molar-refractivity contribution in [2.45, 2.75) is 19.4 Å². The Bertz CT molecular complexity index is 606. The summed E-state index contributed by atoms with van der Waals surface area (Å²) in [4.78, 5) is 18.2. The smallest absolute Gasteiger partial charge is 0.337 e. The number of nitrogens with one attached hydrogen (secondary N) is 1. The van der Waals surface area contributed by atoms with Gasteiger partial charge < -0.3 is 19.7 Å². The Morgan fingerprint density at radius 1 is 1.38 bits per heavy atom. The molecule has 2 fully saturated rings. The van der Waals surface area contributed by atoms with E-state index in [0.717, 1.165) is 44.2 Å². The average Bonchev–Trinajstić information content (AvgIpc) is 3.26. The van der Waals surface area contributed by atoms with E-state index < -0.39 is 0 Å². The first kappa shape index (κ1) is 16.8. The molecule has 24 heavy (non-hydrogen) atoms. The van der Waals surface area contributed by atoms with Crippen LogP contribution >= 0.6 is 0 Å². The van der Waals surface area contributed by atoms with Crippen molar-refractivity contribution in [3.8, 4) is 0 Å². The van der Waals surface area contributed by atoms with Gasteiger partial charge in [-0.3, -0.25) is 4.99 Å². The van der Waals surface area contributed by atoms with Crippen molar-refractivity contribution in [1.29, 1.82) is 0 Å². The lowest BCUT2D eigenvalue weighted by Gasteiger charge is -2.25. The number of aliphatic imine (C=N–C) groups is 1. The Balaban J connectivity index is 1.56. The van der Waals surface area contributed by atoms with Gasteiger partial charge in [0.05, 0.1) is 19.3 Å². The molecule has 1 aromatic rings. The fourth-order valence-electron chi connectivity index (χ4n) is 3.48. The standard InChI is InChI=1S/C18H25N3O3/c1-19-17(21-9-7-18(12-21)8-10-24-13-18)20-11-14-3-5-15(6-4-14)16(22)23-2/h3-6H,7-13H2,1-2H3,(H,19,20). The number of carbonyl (C=O) groups excluding carboxylic acids is 1. The van der Waals surface area contributed by atoms with Crippen LogP contribution in [0.1, 0.15) is 28.8 Å². The second kappa shape index (κ2) is 7.21. The van der Waals surface area contributed by atoms with Crippen molar-refractivity contribution < 1.29 is 14.3 Å². The molecule has 0 bridgehead atoms. The summed E-state index contributed by atoms with van der Waals surface area (Å²) in [6, 6.07) is 7.43. The van der Waals surface area contributed by atoms with Crippen LogP contribution in [-0.2, 0) is 16.0 Å². The van der Waals surface area contributed by atoms with Gasteiger partial charge in [-0.25, -0.2) is 4.79 Å². The monoisotopic (exact) mass is 331 g/mol. The molecule has 2 heterocycles. The summed E-state index contributed by atoms with van der Waals surface area (Å²) < 4.78 is 10.3. The van der Waals surface area contributed by atoms with E-state index in [1.165, 1.54) is 13.5 Å². The van der Waals surface area contributed by atoms with Crippen LogP contribution in [-0.4, -0.2) is 57.3 Å². The molecule has 0 radical (unpaired) electrons. The van der Waals surface area contributed by atoms with Gasteiger partial charge in [-0.2, -0.15) is 0 Å². The summed E-state index contributed by atoms with van der Waals surface area (Å²) in [5.74, 6) is 0.613. The van der Waals surface area contributed by atoms with Gasteiger partial charge in [-0.05, 0) is 30.5 Å². The third kappa shape index (κ3) is 3.53. The molecule has 1 atom stereocenters. The molecular formula is C18H25N3O3. The van der Waals surface area contributed by atoms with Gasteiger partial charge in [0, 0.05) is 38.7 Å². The number of ether oxygens (including phenoxy) is 2. The third-order valence-corrected chi connectivity index (χ3v) is 4.96. The van der Waals surface area contributed by atoms with E-state index in [1.54, 1.807) is 12.1 Å². The van der Waals surface area contributed by atoms with E-state index in [4.69, 9.17) is 9.47 Å². The van der Waals surface area contributed by atoms with Crippen LogP contribution in [0.3, 0.4) is 0 Å². The fraction of sp³-hybridized carbons (Fsp3) is 0.556. The predicted molar refractivity (Wildman–Crippen MR) is 92.0 cm³/mol. The quantitative estimate of drug-likeness (QED) is 0.518. The van der Waals surface area contributed by atoms with Gasteiger partial charge in [0.25, 0.3) is 0 Å². The van der Waals surface area contributed by atoms with Crippen molar-refractivity contribution in [3.05, 3.63) is 35.4 Å². The maximum Gasteiger partial charge on any atom is 0.337 e. The number of guanidine groups is 1. The van der Waals surface area contributed by atoms with Crippen LogP contribution < -0.4 is 5.32 Å². The Morgan fingerprint density at radius 2 is 2.17 bits per heavy atom. The largest absolute Gasteiger partial charge is 0.465 e. The van der Waals surface area contributed by atoms with Gasteiger partial charge in [0.15, 0.2) is 5.96 Å². The average molecular weight is 331 g/mol. The minimum atomic E-state index is -0.313. The first-order chi connectivity index (χ1) is 11.7. The Kier molecular flexibility index (Phi) is 5.04. The maximum absolute atomic E-state index is 11.5. The molecule has 1 N–H and O–H groups in total. The number of likely N-dealkylation sites (tertiary alicyclic amines) is 1. The van der Waals surface area contributed by atoms with Gasteiger partial charge in [0.1, 0.15) is 0 Å². The molecule has 1 aromatic carbocycles. The molecule has 0 aromatic heterocycles. The summed E-state index contributed by atoms with van der Waals surface area (Å²) in [5.41, 5.74) is 1.98. The molecule has 0 aliphatic carbocycles. The van der Waals surface area contributed by atoms with Crippen molar-refractivity contribution in [2.24, 2.45) is 10.4 Å². The van der Waals surface area contributed by atoms with Crippen LogP contribution in [0.5, 0.6) is 0 Å². The van der Waals surface area contributed by atoms with E-state index in [2.05, 4.69) is 15.2 Å². The minimum absolute atomic E-state index is 0.313. The topological polar surface area (TPSA) is 63.2 Å². The molecule has 6 nitrogen and oxygen atoms in total. The second-order valence-electron chi connectivity index (χ2n) is 6.56. The first-order valence-corrected chi connectivity index (χ1v) is 8.36. The number of hydrogen-bond donors (Lipinski definition) is 1. The normalized spacial score (nSPS) is 23.8. The molecule has 2 aliphatic rings. The van der Waals surface area contributed by atoms with Crippen molar-refractivity contribution in [1.82, 2.24) is 10.2 Å². The fourth-order valence-corrected chi connectivity index (χ4v) is 3.48. The number of methoxy groups -OCH3 is 1. The molecule has 2 saturated heterocycles. The molecule has 1 unspecified atom stereocenters. The van der Waals surface area contributed by atoms with Gasteiger partial charge in [0.2, 0.25) is 0 Å². The number of carbonyl (C=O) groups is 1. The van der Waals surface area contributed by atoms with E-state index >= 15 is 0 Å². The highest BCUT2D eigenvalue weighted by molar-refractivity contribution is 5.89. The first-order valence-electron chi connectivity index (χ1n) is 8.36. The van der Waals surface area contributed by atoms with E-state index in [0.29, 0.717) is 17.5 Å². The zero-order valence-corrected chi connectivity index (χ0v) is 14.4. The maximum atomic E-state index is 11.5. The number of benzene rings is 1. The molecule has 130 valence electrons. The highest BCUT2D eigenvalue weighted by atomic mass is 16.5. The van der Waals surface area contributed by atoms with E-state index in [9.17, 15) is 4.79 Å². The Morgan fingerprint density at radius 3 is 2.79 bits per heavy atom. The molecule has 6 heteroatoms. The highest BCUT2D eigenvalue weighted by Crippen LogP contribution is 2.38. The highest BCUT2D eigenvalue weighted by Gasteiger charge is 2.42. The van der Waals surface area contributed by atoms with Gasteiger partial charge in [-0.1, -0.05) is 12.1 Å². The summed E-state index contributed by atoms with van der Waals surface area (Å²) in [6.07, 6.45) is 2.32. The van der Waals surface area contributed by atoms with Crippen molar-refractivity contribution in [2.75, 3.05) is 40.5 Å². The minimum Gasteiger partial charge on any atom is -0.465 e. The molecule has 3 rings (SSSR count). The van der Waals surface area contributed by atoms with Crippen LogP contribution in [0.4, 0.5) is 0 Å². The lowest BCUT2D eigenvalue weighted by Crippen LogP contribution is -2.41. The molecule has 0 saturated carbocycles. The number of rotatable bonds is 3. The van der Waals surface area contributed by atoms with Gasteiger partial charge in [-0.15, -0.1) is 0 Å². The zero-order valence-electron chi connectivity index (χ0n) is 14.4. The number of nitrogens with zero attached hydrogens (tertiary/aromatic N) is 2. The van der Waals surface area contributed by atoms with Crippen molar-refractivity contribution >= 4 is 11.9 Å². The Labute approximate surface area is 142 Å². The Hall–Kier alpha value is -2.08. The number of esters is 1. The van der Waals surface area contributed by atoms with Crippen LogP contribution in [0, 0.1) is 5.41 Å². The molecular weight excluding hydrogens is 306 g/mol. The SMILES string of the molecule is CN=C(NCc1ccc(C(=O)OC)cc1)N1CCC2(CCOC2)C1. The van der Waals surface area contributed by atoms with Crippen LogP contribution in [0.2, 0.25) is 0 Å². The molecule has 0 amide bonds. The summed E-state index contributed by atoms with van der Waals surface area (Å²) in [6.45, 7) is 4.45. The number of hydrogen-bond acceptors (Lipinski definition) is 4. The van der Waals surface area contributed by atoms with E-state index in [-0.39, 0.29) is 5.97 Å². The molecule has 1 spiro atoms. The predicted octanol–water partition coefficient (Wildman–Crippen LogP) is 1.66. The van der Waals surface area contributed by atoms with Crippen molar-refractivity contribution in [3.63, 3.8) is 0 Å². The zero-order chi connectivity index (χ0) is 17.0. The third-order valence-electron chi connectivity index (χ3n) is 4.96. The summed E-state index contributed by atoms with van der Waals surface area (Å²) in [5, 5.41) is 3.42. The van der Waals surface area contributed by atoms with Crippen LogP contribution in [0.15, 0.2) is 29.3 Å². The lowest BCUT2D eigenvalue weighted by molar-refractivity contribution is 0.0600. The molecule has 2 aliphatic heterocycles.